The Balaban J connectivity index is 2.80. The first-order chi connectivity index (χ1) is 9.90. The minimum Gasteiger partial charge on any atom is -0.341 e. The SMILES string of the molecule is CCC(CC)(CN)C(=O)N(C)Cc1ccc(C(C)C)cc1. The van der Waals surface area contributed by atoms with E-state index in [-0.39, 0.29) is 5.91 Å². The van der Waals surface area contributed by atoms with E-state index in [4.69, 9.17) is 5.73 Å². The van der Waals surface area contributed by atoms with Crippen LogP contribution in [0.4, 0.5) is 0 Å². The molecule has 0 spiro atoms. The highest BCUT2D eigenvalue weighted by Crippen LogP contribution is 2.28. The number of hydrogen-bond acceptors (Lipinski definition) is 2. The number of rotatable bonds is 7. The van der Waals surface area contributed by atoms with E-state index in [9.17, 15) is 4.79 Å². The summed E-state index contributed by atoms with van der Waals surface area (Å²) >= 11 is 0. The zero-order chi connectivity index (χ0) is 16.0. The number of carbonyl (C=O) groups is 1. The molecule has 2 N–H and O–H groups in total. The van der Waals surface area contributed by atoms with E-state index < -0.39 is 5.41 Å². The van der Waals surface area contributed by atoms with Crippen LogP contribution in [0.3, 0.4) is 0 Å². The molecule has 0 aromatic heterocycles. The van der Waals surface area contributed by atoms with Gasteiger partial charge in [-0.3, -0.25) is 4.79 Å². The molecular formula is C18H30N2O. The third-order valence-corrected chi connectivity index (χ3v) is 4.61. The molecule has 0 aliphatic rings. The van der Waals surface area contributed by atoms with Gasteiger partial charge in [-0.25, -0.2) is 0 Å². The molecule has 118 valence electrons. The minimum absolute atomic E-state index is 0.155. The fourth-order valence-corrected chi connectivity index (χ4v) is 2.69. The maximum atomic E-state index is 12.7. The third-order valence-electron chi connectivity index (χ3n) is 4.61. The van der Waals surface area contributed by atoms with Crippen LogP contribution >= 0.6 is 0 Å². The monoisotopic (exact) mass is 290 g/mol. The fourth-order valence-electron chi connectivity index (χ4n) is 2.69. The van der Waals surface area contributed by atoms with Crippen molar-refractivity contribution in [1.82, 2.24) is 4.90 Å². The van der Waals surface area contributed by atoms with Crippen LogP contribution in [0.5, 0.6) is 0 Å². The lowest BCUT2D eigenvalue weighted by Gasteiger charge is -2.33. The third kappa shape index (κ3) is 4.07. The first kappa shape index (κ1) is 17.7. The molecule has 3 nitrogen and oxygen atoms in total. The number of carbonyl (C=O) groups excluding carboxylic acids is 1. The van der Waals surface area contributed by atoms with Crippen molar-refractivity contribution >= 4 is 5.91 Å². The van der Waals surface area contributed by atoms with Gasteiger partial charge in [-0.2, -0.15) is 0 Å². The first-order valence-electron chi connectivity index (χ1n) is 7.94. The fraction of sp³-hybridized carbons (Fsp3) is 0.611. The molecule has 1 rings (SSSR count). The van der Waals surface area contributed by atoms with Gasteiger partial charge in [0.1, 0.15) is 0 Å². The van der Waals surface area contributed by atoms with Crippen molar-refractivity contribution in [1.29, 1.82) is 0 Å². The average molecular weight is 290 g/mol. The lowest BCUT2D eigenvalue weighted by molar-refractivity contribution is -0.141. The van der Waals surface area contributed by atoms with Gasteiger partial charge >= 0.3 is 0 Å². The van der Waals surface area contributed by atoms with E-state index in [2.05, 4.69) is 38.1 Å². The molecule has 0 bridgehead atoms. The van der Waals surface area contributed by atoms with Crippen LogP contribution in [0, 0.1) is 5.41 Å². The Morgan fingerprint density at radius 1 is 1.19 bits per heavy atom. The van der Waals surface area contributed by atoms with Crippen molar-refractivity contribution in [3.8, 4) is 0 Å². The van der Waals surface area contributed by atoms with Crippen molar-refractivity contribution in [2.24, 2.45) is 11.1 Å². The van der Waals surface area contributed by atoms with Crippen LogP contribution in [0.2, 0.25) is 0 Å². The molecule has 0 atom stereocenters. The van der Waals surface area contributed by atoms with Gasteiger partial charge in [0, 0.05) is 20.1 Å². The smallest absolute Gasteiger partial charge is 0.230 e. The molecular weight excluding hydrogens is 260 g/mol. The highest BCUT2D eigenvalue weighted by atomic mass is 16.2. The second-order valence-corrected chi connectivity index (χ2v) is 6.25. The van der Waals surface area contributed by atoms with Gasteiger partial charge in [0.25, 0.3) is 0 Å². The maximum absolute atomic E-state index is 12.7. The van der Waals surface area contributed by atoms with E-state index in [1.807, 2.05) is 25.8 Å². The Morgan fingerprint density at radius 3 is 2.10 bits per heavy atom. The lowest BCUT2D eigenvalue weighted by Crippen LogP contribution is -2.45. The van der Waals surface area contributed by atoms with Crippen LogP contribution in [-0.2, 0) is 11.3 Å². The van der Waals surface area contributed by atoms with E-state index in [1.165, 1.54) is 5.56 Å². The van der Waals surface area contributed by atoms with Gasteiger partial charge in [-0.05, 0) is 29.9 Å². The molecule has 0 saturated carbocycles. The predicted octanol–water partition coefficient (Wildman–Crippen LogP) is 3.53. The molecule has 0 saturated heterocycles. The summed E-state index contributed by atoms with van der Waals surface area (Å²) in [6.45, 7) is 9.50. The molecule has 1 aromatic rings. The largest absolute Gasteiger partial charge is 0.341 e. The quantitative estimate of drug-likeness (QED) is 0.835. The Morgan fingerprint density at radius 2 is 1.71 bits per heavy atom. The maximum Gasteiger partial charge on any atom is 0.230 e. The van der Waals surface area contributed by atoms with E-state index in [0.29, 0.717) is 19.0 Å². The van der Waals surface area contributed by atoms with Crippen molar-refractivity contribution in [2.45, 2.75) is 53.0 Å². The van der Waals surface area contributed by atoms with Crippen molar-refractivity contribution in [2.75, 3.05) is 13.6 Å². The number of benzene rings is 1. The zero-order valence-electron chi connectivity index (χ0n) is 14.1. The molecule has 3 heteroatoms. The summed E-state index contributed by atoms with van der Waals surface area (Å²) in [5.41, 5.74) is 7.94. The standard InChI is InChI=1S/C18H30N2O/c1-6-18(7-2,13-19)17(21)20(5)12-15-8-10-16(11-9-15)14(3)4/h8-11,14H,6-7,12-13,19H2,1-5H3. The summed E-state index contributed by atoms with van der Waals surface area (Å²) < 4.78 is 0. The Hall–Kier alpha value is -1.35. The van der Waals surface area contributed by atoms with Gasteiger partial charge < -0.3 is 10.6 Å². The van der Waals surface area contributed by atoms with E-state index >= 15 is 0 Å². The summed E-state index contributed by atoms with van der Waals surface area (Å²) in [5.74, 6) is 0.687. The Labute approximate surface area is 129 Å². The van der Waals surface area contributed by atoms with Gasteiger partial charge in [0.2, 0.25) is 5.91 Å². The van der Waals surface area contributed by atoms with Crippen molar-refractivity contribution < 1.29 is 4.79 Å². The highest BCUT2D eigenvalue weighted by Gasteiger charge is 2.35. The number of hydrogen-bond donors (Lipinski definition) is 1. The molecule has 0 aliphatic carbocycles. The molecule has 1 amide bonds. The summed E-state index contributed by atoms with van der Waals surface area (Å²) in [7, 11) is 1.87. The molecule has 21 heavy (non-hydrogen) atoms. The molecule has 0 fully saturated rings. The normalized spacial score (nSPS) is 11.8. The summed E-state index contributed by atoms with van der Waals surface area (Å²) in [5, 5.41) is 0. The van der Waals surface area contributed by atoms with Crippen LogP contribution in [0.1, 0.15) is 57.6 Å². The molecule has 1 aromatic carbocycles. The summed E-state index contributed by atoms with van der Waals surface area (Å²) in [6, 6.07) is 8.52. The van der Waals surface area contributed by atoms with Crippen LogP contribution in [-0.4, -0.2) is 24.4 Å². The minimum atomic E-state index is -0.410. The average Bonchev–Trinajstić information content (AvgIpc) is 2.50. The Kier molecular flexibility index (Phi) is 6.41. The summed E-state index contributed by atoms with van der Waals surface area (Å²) in [4.78, 5) is 14.5. The number of nitrogens with two attached hydrogens (primary N) is 1. The molecule has 0 unspecified atom stereocenters. The van der Waals surface area contributed by atoms with Crippen LogP contribution in [0.15, 0.2) is 24.3 Å². The van der Waals surface area contributed by atoms with Crippen LogP contribution in [0.25, 0.3) is 0 Å². The van der Waals surface area contributed by atoms with Gasteiger partial charge in [0.15, 0.2) is 0 Å². The zero-order valence-corrected chi connectivity index (χ0v) is 14.1. The highest BCUT2D eigenvalue weighted by molar-refractivity contribution is 5.82. The van der Waals surface area contributed by atoms with Gasteiger partial charge in [-0.1, -0.05) is 52.0 Å². The van der Waals surface area contributed by atoms with Crippen molar-refractivity contribution in [3.05, 3.63) is 35.4 Å². The lowest BCUT2D eigenvalue weighted by atomic mass is 9.81. The summed E-state index contributed by atoms with van der Waals surface area (Å²) in [6.07, 6.45) is 1.57. The topological polar surface area (TPSA) is 46.3 Å². The Bertz CT molecular complexity index is 439. The van der Waals surface area contributed by atoms with Gasteiger partial charge in [0.05, 0.1) is 5.41 Å². The van der Waals surface area contributed by atoms with E-state index in [1.54, 1.807) is 0 Å². The van der Waals surface area contributed by atoms with Gasteiger partial charge in [-0.15, -0.1) is 0 Å². The van der Waals surface area contributed by atoms with E-state index in [0.717, 1.165) is 18.4 Å². The molecule has 0 radical (unpaired) electrons. The first-order valence-corrected chi connectivity index (χ1v) is 7.94. The number of nitrogens with zero attached hydrogens (tertiary/aromatic N) is 1. The van der Waals surface area contributed by atoms with Crippen LogP contribution < -0.4 is 5.73 Å². The second kappa shape index (κ2) is 7.60. The predicted molar refractivity (Wildman–Crippen MR) is 89.1 cm³/mol. The molecule has 0 aliphatic heterocycles. The number of amides is 1. The second-order valence-electron chi connectivity index (χ2n) is 6.25. The molecule has 0 heterocycles. The van der Waals surface area contributed by atoms with Crippen molar-refractivity contribution in [3.63, 3.8) is 0 Å².